The molecule has 2 aliphatic carbocycles. The molecule has 1 saturated heterocycles. The van der Waals surface area contributed by atoms with Crippen molar-refractivity contribution in [3.05, 3.63) is 103 Å². The molecule has 8 nitrogen and oxygen atoms in total. The summed E-state index contributed by atoms with van der Waals surface area (Å²) in [7, 11) is 0. The molecule has 45 heavy (non-hydrogen) atoms. The van der Waals surface area contributed by atoms with Gasteiger partial charge in [0.2, 0.25) is 11.8 Å². The third-order valence-electron chi connectivity index (χ3n) is 9.55. The van der Waals surface area contributed by atoms with Crippen molar-refractivity contribution >= 4 is 75.4 Å². The van der Waals surface area contributed by atoms with Crippen LogP contribution in [0.2, 0.25) is 10.0 Å². The number of anilines is 2. The van der Waals surface area contributed by atoms with Crippen LogP contribution in [0.4, 0.5) is 11.4 Å². The predicted octanol–water partition coefficient (Wildman–Crippen LogP) is 6.44. The third kappa shape index (κ3) is 4.81. The van der Waals surface area contributed by atoms with Gasteiger partial charge >= 0.3 is 4.87 Å². The van der Waals surface area contributed by atoms with Gasteiger partial charge in [-0.1, -0.05) is 46.7 Å². The van der Waals surface area contributed by atoms with Gasteiger partial charge in [-0.05, 0) is 90.4 Å². The lowest BCUT2D eigenvalue weighted by atomic mass is 9.68. The van der Waals surface area contributed by atoms with E-state index in [1.807, 2.05) is 24.3 Å². The summed E-state index contributed by atoms with van der Waals surface area (Å²) in [5.74, 6) is -0.778. The van der Waals surface area contributed by atoms with Crippen molar-refractivity contribution in [2.45, 2.75) is 22.6 Å². The highest BCUT2D eigenvalue weighted by molar-refractivity contribution is 8.00. The van der Waals surface area contributed by atoms with Crippen molar-refractivity contribution in [2.75, 3.05) is 16.8 Å². The molecule has 3 amide bonds. The fourth-order valence-electron chi connectivity index (χ4n) is 7.89. The molecule has 1 aromatic heterocycles. The summed E-state index contributed by atoms with van der Waals surface area (Å²) in [6, 6.07) is 21.3. The first-order valence-electron chi connectivity index (χ1n) is 14.6. The number of imide groups is 1. The van der Waals surface area contributed by atoms with Gasteiger partial charge in [-0.2, -0.15) is 0 Å². The van der Waals surface area contributed by atoms with Gasteiger partial charge in [-0.25, -0.2) is 0 Å². The number of nitrogens with one attached hydrogen (secondary N) is 2. The van der Waals surface area contributed by atoms with Gasteiger partial charge in [-0.3, -0.25) is 24.1 Å². The number of fused-ring (bicyclic) bond motifs is 9. The Hall–Kier alpha value is -3.57. The molecule has 2 saturated carbocycles. The number of thiazole rings is 1. The maximum atomic E-state index is 13.9. The second-order valence-corrected chi connectivity index (χ2v) is 14.9. The summed E-state index contributed by atoms with van der Waals surface area (Å²) in [5.41, 5.74) is 2.19. The molecule has 7 atom stereocenters. The fourth-order valence-corrected chi connectivity index (χ4v) is 11.0. The molecule has 3 heterocycles. The summed E-state index contributed by atoms with van der Waals surface area (Å²) in [5, 5.41) is 4.85. The maximum absolute atomic E-state index is 13.9. The van der Waals surface area contributed by atoms with Crippen LogP contribution >= 0.6 is 46.3 Å². The van der Waals surface area contributed by atoms with Gasteiger partial charge in [0.05, 0.1) is 22.5 Å². The number of rotatable bonds is 6. The smallest absolute Gasteiger partial charge is 0.305 e. The second-order valence-electron chi connectivity index (χ2n) is 11.9. The Labute approximate surface area is 276 Å². The normalized spacial score (nSPS) is 27.7. The van der Waals surface area contributed by atoms with Crippen LogP contribution in [0.5, 0.6) is 5.75 Å². The number of aromatic amines is 1. The summed E-state index contributed by atoms with van der Waals surface area (Å²) in [4.78, 5) is 57.9. The summed E-state index contributed by atoms with van der Waals surface area (Å²) >= 11 is 14.9. The molecular weight excluding hydrogens is 653 g/mol. The molecule has 12 heteroatoms. The number of aromatic nitrogens is 1. The largest absolute Gasteiger partial charge is 0.484 e. The molecule has 0 spiro atoms. The SMILES string of the molecule is O=C(COc1ccc([C@@H]2c3sc(=O)[nH]c3S[C@@H]3[C@@H]4C[C@@H]([C@@H]5C(=O)N(c6ccc(Cl)cc6)C(=O)[C@@H]45)[C@H]23)cc1)Nc1ccc(Cl)cc1. The molecule has 2 aliphatic heterocycles. The van der Waals surface area contributed by atoms with E-state index in [4.69, 9.17) is 27.9 Å². The van der Waals surface area contributed by atoms with E-state index >= 15 is 0 Å². The molecule has 2 N–H and O–H groups in total. The van der Waals surface area contributed by atoms with Crippen molar-refractivity contribution < 1.29 is 19.1 Å². The lowest BCUT2D eigenvalue weighted by Gasteiger charge is -2.43. The highest BCUT2D eigenvalue weighted by atomic mass is 35.5. The van der Waals surface area contributed by atoms with Crippen molar-refractivity contribution in [3.8, 4) is 5.75 Å². The van der Waals surface area contributed by atoms with Crippen LogP contribution in [0, 0.1) is 29.6 Å². The van der Waals surface area contributed by atoms with Gasteiger partial charge in [0.1, 0.15) is 5.75 Å². The number of hydrogen-bond donors (Lipinski definition) is 2. The first kappa shape index (κ1) is 28.9. The van der Waals surface area contributed by atoms with E-state index in [1.165, 1.54) is 16.2 Å². The quantitative estimate of drug-likeness (QED) is 0.228. The Morgan fingerprint density at radius 3 is 2.22 bits per heavy atom. The first-order chi connectivity index (χ1) is 21.8. The van der Waals surface area contributed by atoms with Gasteiger partial charge < -0.3 is 15.0 Å². The number of benzene rings is 3. The summed E-state index contributed by atoms with van der Waals surface area (Å²) in [6.45, 7) is -0.163. The lowest BCUT2D eigenvalue weighted by molar-refractivity contribution is -0.123. The van der Waals surface area contributed by atoms with Gasteiger partial charge in [-0.15, -0.1) is 11.8 Å². The van der Waals surface area contributed by atoms with Crippen LogP contribution in [0.15, 0.2) is 82.6 Å². The van der Waals surface area contributed by atoms with Crippen molar-refractivity contribution in [1.82, 2.24) is 4.98 Å². The molecule has 3 aromatic carbocycles. The van der Waals surface area contributed by atoms with Gasteiger partial charge in [0, 0.05) is 31.8 Å². The second kappa shape index (κ2) is 11.0. The van der Waals surface area contributed by atoms with Crippen molar-refractivity contribution in [2.24, 2.45) is 29.6 Å². The average molecular weight is 679 g/mol. The first-order valence-corrected chi connectivity index (χ1v) is 17.0. The van der Waals surface area contributed by atoms with Crippen LogP contribution in [0.3, 0.4) is 0 Å². The zero-order valence-corrected chi connectivity index (χ0v) is 26.6. The number of ether oxygens (including phenoxy) is 1. The maximum Gasteiger partial charge on any atom is 0.305 e. The molecule has 4 aliphatic rings. The summed E-state index contributed by atoms with van der Waals surface area (Å²) in [6.07, 6.45) is 0.809. The summed E-state index contributed by atoms with van der Waals surface area (Å²) < 4.78 is 5.77. The number of H-pyrrole nitrogens is 1. The molecule has 4 aromatic rings. The molecule has 3 fully saturated rings. The molecule has 2 bridgehead atoms. The topological polar surface area (TPSA) is 109 Å². The fraction of sp³-hybridized carbons (Fsp3) is 0.273. The van der Waals surface area contributed by atoms with E-state index in [0.29, 0.717) is 27.2 Å². The van der Waals surface area contributed by atoms with Crippen LogP contribution in [0.1, 0.15) is 22.8 Å². The van der Waals surface area contributed by atoms with Crippen molar-refractivity contribution in [3.63, 3.8) is 0 Å². The number of carbonyl (C=O) groups is 3. The standard InChI is InChI=1S/C33H25Cl2N3O5S2/c34-16-3-7-18(8-4-16)36-23(39)14-43-20-11-1-15(2-12-20)24-25-21-13-22(28(25)44-30-29(24)45-33(42)37-30)27-26(21)31(40)38(32(27)41)19-9-5-17(35)6-10-19/h1-12,21-22,24-28H,13-14H2,(H,36,39)(H,37,42)/t21-,22-,24+,25-,26+,27+,28-/m1/s1. The molecule has 228 valence electrons. The number of hydrogen-bond acceptors (Lipinski definition) is 7. The Morgan fingerprint density at radius 2 is 1.53 bits per heavy atom. The Kier molecular flexibility index (Phi) is 7.09. The number of nitrogens with zero attached hydrogens (tertiary/aromatic N) is 1. The minimum Gasteiger partial charge on any atom is -0.484 e. The number of carbonyl (C=O) groups excluding carboxylic acids is 3. The molecular formula is C33H25Cl2N3O5S2. The lowest BCUT2D eigenvalue weighted by Crippen LogP contribution is -2.42. The average Bonchev–Trinajstić information content (AvgIpc) is 3.77. The van der Waals surface area contributed by atoms with E-state index < -0.39 is 0 Å². The minimum atomic E-state index is -0.387. The van der Waals surface area contributed by atoms with Crippen molar-refractivity contribution in [1.29, 1.82) is 0 Å². The van der Waals surface area contributed by atoms with Crippen LogP contribution in [-0.2, 0) is 14.4 Å². The van der Waals surface area contributed by atoms with Gasteiger partial charge in [0.25, 0.3) is 5.91 Å². The van der Waals surface area contributed by atoms with E-state index in [1.54, 1.807) is 60.3 Å². The predicted molar refractivity (Wildman–Crippen MR) is 174 cm³/mol. The van der Waals surface area contributed by atoms with Crippen LogP contribution in [-0.4, -0.2) is 34.6 Å². The zero-order valence-electron chi connectivity index (χ0n) is 23.4. The monoisotopic (exact) mass is 677 g/mol. The Balaban J connectivity index is 1.05. The van der Waals surface area contributed by atoms with Crippen LogP contribution < -0.4 is 19.8 Å². The van der Waals surface area contributed by atoms with E-state index in [-0.39, 0.29) is 70.0 Å². The zero-order chi connectivity index (χ0) is 31.0. The minimum absolute atomic E-state index is 0.00842. The van der Waals surface area contributed by atoms with Gasteiger partial charge in [0.15, 0.2) is 6.61 Å². The molecule has 0 unspecified atom stereocenters. The third-order valence-corrected chi connectivity index (χ3v) is 12.6. The Morgan fingerprint density at radius 1 is 0.889 bits per heavy atom. The number of amides is 3. The number of halogens is 2. The molecule has 0 radical (unpaired) electrons. The Bertz CT molecular complexity index is 1890. The van der Waals surface area contributed by atoms with E-state index in [9.17, 15) is 19.2 Å². The number of thioether (sulfide) groups is 1. The van der Waals surface area contributed by atoms with E-state index in [2.05, 4.69) is 10.3 Å². The van der Waals surface area contributed by atoms with Crippen LogP contribution in [0.25, 0.3) is 0 Å². The highest BCUT2D eigenvalue weighted by Gasteiger charge is 2.69. The highest BCUT2D eigenvalue weighted by Crippen LogP contribution is 2.68. The van der Waals surface area contributed by atoms with E-state index in [0.717, 1.165) is 21.9 Å². The molecule has 8 rings (SSSR count).